The maximum absolute atomic E-state index is 13.3. The van der Waals surface area contributed by atoms with Gasteiger partial charge in [-0.05, 0) is 56.0 Å². The number of aromatic nitrogens is 1. The number of carbonyl (C=O) groups is 2. The van der Waals surface area contributed by atoms with Gasteiger partial charge in [-0.15, -0.1) is 11.3 Å². The van der Waals surface area contributed by atoms with Crippen molar-refractivity contribution in [2.45, 2.75) is 44.4 Å². The predicted molar refractivity (Wildman–Crippen MR) is 127 cm³/mol. The summed E-state index contributed by atoms with van der Waals surface area (Å²) in [6.45, 7) is 0.244. The second-order valence-electron chi connectivity index (χ2n) is 8.07. The SMILES string of the molecule is COc1ccccc1OCc1nc(C(=O)NC2CCC(NC(=O)c3cccc(F)c3)CC2)cs1. The summed E-state index contributed by atoms with van der Waals surface area (Å²) in [5.41, 5.74) is 0.676. The molecule has 0 aliphatic heterocycles. The van der Waals surface area contributed by atoms with Gasteiger partial charge in [-0.2, -0.15) is 0 Å². The van der Waals surface area contributed by atoms with Gasteiger partial charge in [-0.25, -0.2) is 9.37 Å². The fraction of sp³-hybridized carbons (Fsp3) is 0.320. The van der Waals surface area contributed by atoms with Crippen molar-refractivity contribution in [3.05, 3.63) is 76.0 Å². The number of methoxy groups -OCH3 is 1. The van der Waals surface area contributed by atoms with E-state index in [0.717, 1.165) is 25.7 Å². The quantitative estimate of drug-likeness (QED) is 0.498. The lowest BCUT2D eigenvalue weighted by Crippen LogP contribution is -2.43. The molecule has 0 saturated heterocycles. The number of rotatable bonds is 8. The average Bonchev–Trinajstić information content (AvgIpc) is 3.33. The fourth-order valence-electron chi connectivity index (χ4n) is 3.90. The smallest absolute Gasteiger partial charge is 0.270 e. The summed E-state index contributed by atoms with van der Waals surface area (Å²) in [7, 11) is 1.58. The Balaban J connectivity index is 1.23. The van der Waals surface area contributed by atoms with E-state index in [-0.39, 0.29) is 30.5 Å². The Morgan fingerprint density at radius 2 is 1.68 bits per heavy atom. The lowest BCUT2D eigenvalue weighted by Gasteiger charge is -2.29. The van der Waals surface area contributed by atoms with Crippen LogP contribution < -0.4 is 20.1 Å². The van der Waals surface area contributed by atoms with E-state index in [1.54, 1.807) is 18.6 Å². The van der Waals surface area contributed by atoms with Crippen molar-refractivity contribution < 1.29 is 23.5 Å². The van der Waals surface area contributed by atoms with Crippen molar-refractivity contribution in [1.82, 2.24) is 15.6 Å². The van der Waals surface area contributed by atoms with Crippen LogP contribution in [-0.4, -0.2) is 36.0 Å². The summed E-state index contributed by atoms with van der Waals surface area (Å²) in [4.78, 5) is 29.4. The van der Waals surface area contributed by atoms with Gasteiger partial charge < -0.3 is 20.1 Å². The number of hydrogen-bond donors (Lipinski definition) is 2. The van der Waals surface area contributed by atoms with E-state index >= 15 is 0 Å². The molecular formula is C25H26FN3O4S. The van der Waals surface area contributed by atoms with Crippen LogP contribution in [0, 0.1) is 5.82 Å². The summed E-state index contributed by atoms with van der Waals surface area (Å²) in [6.07, 6.45) is 2.96. The molecule has 0 unspecified atom stereocenters. The normalized spacial score (nSPS) is 17.6. The summed E-state index contributed by atoms with van der Waals surface area (Å²) >= 11 is 1.37. The van der Waals surface area contributed by atoms with Gasteiger partial charge in [0, 0.05) is 23.0 Å². The number of amides is 2. The highest BCUT2D eigenvalue weighted by Crippen LogP contribution is 2.27. The molecule has 0 radical (unpaired) electrons. The number of carbonyl (C=O) groups excluding carboxylic acids is 2. The zero-order chi connectivity index (χ0) is 23.9. The molecule has 1 aliphatic rings. The van der Waals surface area contributed by atoms with E-state index in [0.29, 0.717) is 27.8 Å². The molecule has 1 saturated carbocycles. The lowest BCUT2D eigenvalue weighted by atomic mass is 9.91. The van der Waals surface area contributed by atoms with Crippen LogP contribution in [0.15, 0.2) is 53.9 Å². The number of halogens is 1. The highest BCUT2D eigenvalue weighted by molar-refractivity contribution is 7.09. The first-order valence-corrected chi connectivity index (χ1v) is 12.0. The van der Waals surface area contributed by atoms with Gasteiger partial charge in [-0.1, -0.05) is 18.2 Å². The molecule has 1 heterocycles. The van der Waals surface area contributed by atoms with Gasteiger partial charge in [-0.3, -0.25) is 9.59 Å². The molecule has 4 rings (SSSR count). The molecule has 0 atom stereocenters. The molecule has 2 amide bonds. The molecule has 2 aromatic carbocycles. The number of ether oxygens (including phenoxy) is 2. The number of benzene rings is 2. The second-order valence-corrected chi connectivity index (χ2v) is 9.01. The van der Waals surface area contributed by atoms with Crippen molar-refractivity contribution in [2.75, 3.05) is 7.11 Å². The Hall–Kier alpha value is -3.46. The Bertz CT molecular complexity index is 1140. The van der Waals surface area contributed by atoms with E-state index in [9.17, 15) is 14.0 Å². The first-order valence-electron chi connectivity index (χ1n) is 11.1. The maximum Gasteiger partial charge on any atom is 0.270 e. The van der Waals surface area contributed by atoms with Gasteiger partial charge in [0.2, 0.25) is 0 Å². The molecule has 178 valence electrons. The summed E-state index contributed by atoms with van der Waals surface area (Å²) < 4.78 is 24.4. The Morgan fingerprint density at radius 1 is 1.00 bits per heavy atom. The minimum absolute atomic E-state index is 0.00178. The second kappa shape index (κ2) is 11.1. The first kappa shape index (κ1) is 23.7. The highest BCUT2D eigenvalue weighted by Gasteiger charge is 2.25. The third-order valence-electron chi connectivity index (χ3n) is 5.69. The molecule has 7 nitrogen and oxygen atoms in total. The number of nitrogens with one attached hydrogen (secondary N) is 2. The fourth-order valence-corrected chi connectivity index (χ4v) is 4.58. The zero-order valence-electron chi connectivity index (χ0n) is 18.8. The zero-order valence-corrected chi connectivity index (χ0v) is 19.6. The van der Waals surface area contributed by atoms with Crippen LogP contribution in [0.1, 0.15) is 51.5 Å². The van der Waals surface area contributed by atoms with Crippen LogP contribution in [0.2, 0.25) is 0 Å². The van der Waals surface area contributed by atoms with E-state index < -0.39 is 5.82 Å². The summed E-state index contributed by atoms with van der Waals surface area (Å²) in [5.74, 6) is 0.326. The van der Waals surface area contributed by atoms with Gasteiger partial charge in [0.1, 0.15) is 23.1 Å². The first-order chi connectivity index (χ1) is 16.5. The largest absolute Gasteiger partial charge is 0.493 e. The van der Waals surface area contributed by atoms with Gasteiger partial charge >= 0.3 is 0 Å². The summed E-state index contributed by atoms with van der Waals surface area (Å²) in [6, 6.07) is 13.0. The molecule has 3 aromatic rings. The molecular weight excluding hydrogens is 457 g/mol. The summed E-state index contributed by atoms with van der Waals surface area (Å²) in [5, 5.41) is 8.41. The highest BCUT2D eigenvalue weighted by atomic mass is 32.1. The molecule has 0 bridgehead atoms. The Morgan fingerprint density at radius 3 is 2.35 bits per heavy atom. The van der Waals surface area contributed by atoms with Crippen molar-refractivity contribution in [3.8, 4) is 11.5 Å². The van der Waals surface area contributed by atoms with E-state index in [1.807, 2.05) is 24.3 Å². The van der Waals surface area contributed by atoms with Crippen LogP contribution in [0.5, 0.6) is 11.5 Å². The van der Waals surface area contributed by atoms with E-state index in [4.69, 9.17) is 9.47 Å². The van der Waals surface area contributed by atoms with Crippen LogP contribution in [-0.2, 0) is 6.61 Å². The third kappa shape index (κ3) is 6.11. The monoisotopic (exact) mass is 483 g/mol. The Labute approximate surface area is 201 Å². The van der Waals surface area contributed by atoms with E-state index in [1.165, 1.54) is 29.5 Å². The van der Waals surface area contributed by atoms with Crippen molar-refractivity contribution >= 4 is 23.2 Å². The Kier molecular flexibility index (Phi) is 7.74. The van der Waals surface area contributed by atoms with Crippen LogP contribution in [0.4, 0.5) is 4.39 Å². The standard InChI is InChI=1S/C25H26FN3O4S/c1-32-21-7-2-3-8-22(21)33-14-23-29-20(15-34-23)25(31)28-19-11-9-18(10-12-19)27-24(30)16-5-4-6-17(26)13-16/h2-8,13,15,18-19H,9-12,14H2,1H3,(H,27,30)(H,28,31). The average molecular weight is 484 g/mol. The van der Waals surface area contributed by atoms with Crippen molar-refractivity contribution in [3.63, 3.8) is 0 Å². The number of hydrogen-bond acceptors (Lipinski definition) is 6. The molecule has 0 spiro atoms. The number of para-hydroxylation sites is 2. The minimum atomic E-state index is -0.435. The molecule has 9 heteroatoms. The van der Waals surface area contributed by atoms with Crippen molar-refractivity contribution in [2.24, 2.45) is 0 Å². The lowest BCUT2D eigenvalue weighted by molar-refractivity contribution is 0.0889. The predicted octanol–water partition coefficient (Wildman–Crippen LogP) is 4.34. The van der Waals surface area contributed by atoms with Crippen LogP contribution in [0.3, 0.4) is 0 Å². The third-order valence-corrected chi connectivity index (χ3v) is 6.51. The minimum Gasteiger partial charge on any atom is -0.493 e. The van der Waals surface area contributed by atoms with Crippen LogP contribution >= 0.6 is 11.3 Å². The van der Waals surface area contributed by atoms with Gasteiger partial charge in [0.15, 0.2) is 11.5 Å². The van der Waals surface area contributed by atoms with Gasteiger partial charge in [0.05, 0.1) is 7.11 Å². The van der Waals surface area contributed by atoms with Gasteiger partial charge in [0.25, 0.3) is 11.8 Å². The molecule has 2 N–H and O–H groups in total. The molecule has 1 fully saturated rings. The number of thiazole rings is 1. The molecule has 1 aromatic heterocycles. The van der Waals surface area contributed by atoms with E-state index in [2.05, 4.69) is 15.6 Å². The van der Waals surface area contributed by atoms with Crippen molar-refractivity contribution in [1.29, 1.82) is 0 Å². The topological polar surface area (TPSA) is 89.6 Å². The van der Waals surface area contributed by atoms with Crippen LogP contribution in [0.25, 0.3) is 0 Å². The molecule has 1 aliphatic carbocycles. The number of nitrogens with zero attached hydrogens (tertiary/aromatic N) is 1. The molecule has 34 heavy (non-hydrogen) atoms. The maximum atomic E-state index is 13.3.